The third-order valence-corrected chi connectivity index (χ3v) is 7.89. The van der Waals surface area contributed by atoms with Crippen LogP contribution in [0.15, 0.2) is 23.1 Å². The average Bonchev–Trinajstić information content (AvgIpc) is 2.72. The van der Waals surface area contributed by atoms with E-state index in [9.17, 15) is 18.0 Å². The molecule has 29 heavy (non-hydrogen) atoms. The summed E-state index contributed by atoms with van der Waals surface area (Å²) in [5.74, 6) is 0.744. The number of ether oxygens (including phenoxy) is 1. The smallest absolute Gasteiger partial charge is 0.262 e. The number of anilines is 1. The molecule has 2 amide bonds. The lowest BCUT2D eigenvalue weighted by Gasteiger charge is -2.36. The predicted octanol–water partition coefficient (Wildman–Crippen LogP) is 1.68. The second kappa shape index (κ2) is 7.95. The second-order valence-corrected chi connectivity index (χ2v) is 10.1. The molecule has 158 valence electrons. The molecule has 1 aromatic carbocycles. The van der Waals surface area contributed by atoms with Crippen molar-refractivity contribution >= 4 is 27.5 Å². The van der Waals surface area contributed by atoms with E-state index in [1.807, 2.05) is 4.90 Å². The normalized spacial score (nSPS) is 23.8. The molecule has 4 rings (SSSR count). The first-order valence-corrected chi connectivity index (χ1v) is 11.6. The monoisotopic (exact) mass is 421 g/mol. The lowest BCUT2D eigenvalue weighted by Crippen LogP contribution is -2.46. The van der Waals surface area contributed by atoms with Crippen molar-refractivity contribution in [2.24, 2.45) is 11.8 Å². The van der Waals surface area contributed by atoms with Gasteiger partial charge in [0.1, 0.15) is 5.75 Å². The van der Waals surface area contributed by atoms with Crippen LogP contribution in [0, 0.1) is 11.8 Å². The number of piperidine rings is 2. The SMILES string of the molecule is CC1CCCN(C(=O)C2CCN(S(=O)(=O)c3ccc4c(c3)NC(=O)CO4)CC2)C1. The summed E-state index contributed by atoms with van der Waals surface area (Å²) in [7, 11) is -3.69. The van der Waals surface area contributed by atoms with Crippen LogP contribution in [0.3, 0.4) is 0 Å². The molecule has 2 saturated heterocycles. The maximum atomic E-state index is 13.1. The van der Waals surface area contributed by atoms with Gasteiger partial charge in [-0.05, 0) is 49.8 Å². The van der Waals surface area contributed by atoms with Crippen LogP contribution in [-0.4, -0.2) is 62.2 Å². The van der Waals surface area contributed by atoms with Crippen LogP contribution in [0.1, 0.15) is 32.6 Å². The van der Waals surface area contributed by atoms with Gasteiger partial charge in [0.15, 0.2) is 6.61 Å². The van der Waals surface area contributed by atoms with Gasteiger partial charge >= 0.3 is 0 Å². The van der Waals surface area contributed by atoms with E-state index >= 15 is 0 Å². The number of amides is 2. The lowest BCUT2D eigenvalue weighted by molar-refractivity contribution is -0.138. The molecule has 1 aromatic rings. The maximum Gasteiger partial charge on any atom is 0.262 e. The average molecular weight is 422 g/mol. The number of carbonyl (C=O) groups excluding carboxylic acids is 2. The van der Waals surface area contributed by atoms with E-state index in [0.29, 0.717) is 43.3 Å². The van der Waals surface area contributed by atoms with Crippen LogP contribution in [0.5, 0.6) is 5.75 Å². The molecule has 0 saturated carbocycles. The van der Waals surface area contributed by atoms with E-state index in [1.165, 1.54) is 16.4 Å². The fraction of sp³-hybridized carbons (Fsp3) is 0.600. The Morgan fingerprint density at radius 2 is 1.93 bits per heavy atom. The quantitative estimate of drug-likeness (QED) is 0.801. The van der Waals surface area contributed by atoms with Crippen molar-refractivity contribution in [3.05, 3.63) is 18.2 Å². The number of nitrogens with zero attached hydrogens (tertiary/aromatic N) is 2. The van der Waals surface area contributed by atoms with Gasteiger partial charge in [-0.25, -0.2) is 8.42 Å². The van der Waals surface area contributed by atoms with Gasteiger partial charge in [-0.3, -0.25) is 9.59 Å². The number of nitrogens with one attached hydrogen (secondary N) is 1. The predicted molar refractivity (Wildman–Crippen MR) is 107 cm³/mol. The van der Waals surface area contributed by atoms with Gasteiger partial charge < -0.3 is 15.0 Å². The molecule has 1 atom stereocenters. The van der Waals surface area contributed by atoms with Gasteiger partial charge in [-0.15, -0.1) is 0 Å². The highest BCUT2D eigenvalue weighted by Gasteiger charge is 2.35. The number of likely N-dealkylation sites (tertiary alicyclic amines) is 1. The van der Waals surface area contributed by atoms with Crippen LogP contribution in [0.2, 0.25) is 0 Å². The largest absolute Gasteiger partial charge is 0.482 e. The maximum absolute atomic E-state index is 13.1. The van der Waals surface area contributed by atoms with Crippen LogP contribution in [0.4, 0.5) is 5.69 Å². The first-order chi connectivity index (χ1) is 13.8. The van der Waals surface area contributed by atoms with Crippen molar-refractivity contribution in [1.29, 1.82) is 0 Å². The number of carbonyl (C=O) groups is 2. The number of fused-ring (bicyclic) bond motifs is 1. The Morgan fingerprint density at radius 1 is 1.17 bits per heavy atom. The van der Waals surface area contributed by atoms with Crippen LogP contribution in [0.25, 0.3) is 0 Å². The van der Waals surface area contributed by atoms with Crippen molar-refractivity contribution < 1.29 is 22.7 Å². The summed E-state index contributed by atoms with van der Waals surface area (Å²) in [6.07, 6.45) is 3.27. The minimum Gasteiger partial charge on any atom is -0.482 e. The Hall–Kier alpha value is -2.13. The molecule has 9 heteroatoms. The van der Waals surface area contributed by atoms with Crippen molar-refractivity contribution in [2.75, 3.05) is 38.1 Å². The van der Waals surface area contributed by atoms with E-state index in [1.54, 1.807) is 6.07 Å². The molecule has 0 radical (unpaired) electrons. The third-order valence-electron chi connectivity index (χ3n) is 5.99. The first-order valence-electron chi connectivity index (χ1n) is 10.2. The van der Waals surface area contributed by atoms with Crippen molar-refractivity contribution in [1.82, 2.24) is 9.21 Å². The first kappa shape index (κ1) is 20.2. The fourth-order valence-corrected chi connectivity index (χ4v) is 5.86. The summed E-state index contributed by atoms with van der Waals surface area (Å²) < 4.78 is 32.8. The number of hydrogen-bond acceptors (Lipinski definition) is 5. The van der Waals surface area contributed by atoms with Crippen molar-refractivity contribution in [3.8, 4) is 5.75 Å². The number of sulfonamides is 1. The van der Waals surface area contributed by atoms with Crippen molar-refractivity contribution in [3.63, 3.8) is 0 Å². The molecule has 3 heterocycles. The Balaban J connectivity index is 1.42. The Morgan fingerprint density at radius 3 is 2.66 bits per heavy atom. The van der Waals surface area contributed by atoms with Crippen LogP contribution in [-0.2, 0) is 19.6 Å². The number of rotatable bonds is 3. The van der Waals surface area contributed by atoms with E-state index in [-0.39, 0.29) is 29.2 Å². The molecule has 3 aliphatic rings. The molecular weight excluding hydrogens is 394 g/mol. The molecule has 1 unspecified atom stereocenters. The Bertz CT molecular complexity index is 909. The summed E-state index contributed by atoms with van der Waals surface area (Å²) in [5.41, 5.74) is 0.367. The zero-order valence-corrected chi connectivity index (χ0v) is 17.4. The van der Waals surface area contributed by atoms with E-state index < -0.39 is 10.0 Å². The second-order valence-electron chi connectivity index (χ2n) is 8.20. The highest BCUT2D eigenvalue weighted by atomic mass is 32.2. The summed E-state index contributed by atoms with van der Waals surface area (Å²) in [6, 6.07) is 4.50. The molecule has 8 nitrogen and oxygen atoms in total. The van der Waals surface area contributed by atoms with E-state index in [0.717, 1.165) is 25.9 Å². The highest BCUT2D eigenvalue weighted by Crippen LogP contribution is 2.32. The summed E-state index contributed by atoms with van der Waals surface area (Å²) >= 11 is 0. The molecule has 0 bridgehead atoms. The summed E-state index contributed by atoms with van der Waals surface area (Å²) in [6.45, 7) is 4.35. The van der Waals surface area contributed by atoms with Gasteiger partial charge in [0.05, 0.1) is 10.6 Å². The molecule has 0 spiro atoms. The van der Waals surface area contributed by atoms with E-state index in [4.69, 9.17) is 4.74 Å². The molecule has 1 N–H and O–H groups in total. The minimum atomic E-state index is -3.69. The Labute approximate surface area is 171 Å². The highest BCUT2D eigenvalue weighted by molar-refractivity contribution is 7.89. The van der Waals surface area contributed by atoms with Gasteiger partial charge in [0.25, 0.3) is 5.91 Å². The zero-order chi connectivity index (χ0) is 20.6. The van der Waals surface area contributed by atoms with Gasteiger partial charge in [-0.2, -0.15) is 4.31 Å². The van der Waals surface area contributed by atoms with Crippen LogP contribution < -0.4 is 10.1 Å². The van der Waals surface area contributed by atoms with E-state index in [2.05, 4.69) is 12.2 Å². The fourth-order valence-electron chi connectivity index (χ4n) is 4.36. The van der Waals surface area contributed by atoms with Crippen LogP contribution >= 0.6 is 0 Å². The van der Waals surface area contributed by atoms with Crippen molar-refractivity contribution in [2.45, 2.75) is 37.5 Å². The number of benzene rings is 1. The topological polar surface area (TPSA) is 96.0 Å². The van der Waals surface area contributed by atoms with Gasteiger partial charge in [0.2, 0.25) is 15.9 Å². The standard InChI is InChI=1S/C20H27N3O5S/c1-14-3-2-8-22(12-14)20(25)15-6-9-23(10-7-15)29(26,27)16-4-5-18-17(11-16)21-19(24)13-28-18/h4-5,11,14-15H,2-3,6-10,12-13H2,1H3,(H,21,24). The molecule has 2 fully saturated rings. The number of hydrogen-bond donors (Lipinski definition) is 1. The van der Waals surface area contributed by atoms with Gasteiger partial charge in [0, 0.05) is 32.1 Å². The summed E-state index contributed by atoms with van der Waals surface area (Å²) in [4.78, 5) is 26.4. The minimum absolute atomic E-state index is 0.0730. The Kier molecular flexibility index (Phi) is 5.52. The van der Waals surface area contributed by atoms with Gasteiger partial charge in [-0.1, -0.05) is 6.92 Å². The molecule has 3 aliphatic heterocycles. The zero-order valence-electron chi connectivity index (χ0n) is 16.6. The lowest BCUT2D eigenvalue weighted by atomic mass is 9.93. The molecule has 0 aromatic heterocycles. The third kappa shape index (κ3) is 4.11. The molecule has 0 aliphatic carbocycles. The molecular formula is C20H27N3O5S. The summed E-state index contributed by atoms with van der Waals surface area (Å²) in [5, 5.41) is 2.64.